The Morgan fingerprint density at radius 1 is 1.04 bits per heavy atom. The summed E-state index contributed by atoms with van der Waals surface area (Å²) in [5.74, 6) is -0.313. The largest absolute Gasteiger partial charge is 0.352 e. The van der Waals surface area contributed by atoms with Gasteiger partial charge in [0.1, 0.15) is 0 Å². The molecular formula is C19H30N4O3S. The fraction of sp³-hybridized carbons (Fsp3) is 0.632. The Kier molecular flexibility index (Phi) is 7.23. The van der Waals surface area contributed by atoms with Gasteiger partial charge in [0.2, 0.25) is 10.0 Å². The van der Waals surface area contributed by atoms with Crippen molar-refractivity contribution in [2.75, 3.05) is 52.4 Å². The zero-order chi connectivity index (χ0) is 19.1. The summed E-state index contributed by atoms with van der Waals surface area (Å²) in [7, 11) is -3.63. The molecule has 0 aliphatic carbocycles. The van der Waals surface area contributed by atoms with Gasteiger partial charge in [-0.3, -0.25) is 4.79 Å². The molecule has 2 N–H and O–H groups in total. The highest BCUT2D eigenvalue weighted by molar-refractivity contribution is 7.89. The van der Waals surface area contributed by atoms with Crippen LogP contribution in [0.1, 0.15) is 36.0 Å². The highest BCUT2D eigenvalue weighted by Gasteiger charge is 2.29. The zero-order valence-corrected chi connectivity index (χ0v) is 16.6. The lowest BCUT2D eigenvalue weighted by atomic mass is 10.2. The normalized spacial score (nSPS) is 19.7. The quantitative estimate of drug-likeness (QED) is 0.671. The van der Waals surface area contributed by atoms with Gasteiger partial charge in [-0.1, -0.05) is 18.6 Å². The third-order valence-electron chi connectivity index (χ3n) is 5.21. The van der Waals surface area contributed by atoms with Gasteiger partial charge >= 0.3 is 0 Å². The zero-order valence-electron chi connectivity index (χ0n) is 15.8. The molecule has 0 radical (unpaired) electrons. The Balaban J connectivity index is 1.59. The highest BCUT2D eigenvalue weighted by Crippen LogP contribution is 2.23. The molecule has 0 bridgehead atoms. The van der Waals surface area contributed by atoms with Crippen LogP contribution in [0.15, 0.2) is 29.2 Å². The van der Waals surface area contributed by atoms with E-state index in [-0.39, 0.29) is 16.4 Å². The maximum Gasteiger partial charge on any atom is 0.252 e. The molecule has 0 saturated carbocycles. The van der Waals surface area contributed by atoms with E-state index in [1.54, 1.807) is 24.3 Å². The molecule has 27 heavy (non-hydrogen) atoms. The van der Waals surface area contributed by atoms with Gasteiger partial charge in [-0.25, -0.2) is 8.42 Å². The van der Waals surface area contributed by atoms with Gasteiger partial charge in [0.15, 0.2) is 0 Å². The number of nitrogens with one attached hydrogen (secondary N) is 2. The van der Waals surface area contributed by atoms with Gasteiger partial charge in [-0.05, 0) is 37.9 Å². The average molecular weight is 395 g/mol. The molecule has 1 aromatic rings. The summed E-state index contributed by atoms with van der Waals surface area (Å²) >= 11 is 0. The summed E-state index contributed by atoms with van der Waals surface area (Å²) in [6.07, 6.45) is 3.66. The Hall–Kier alpha value is -1.48. The van der Waals surface area contributed by atoms with E-state index in [2.05, 4.69) is 15.5 Å². The van der Waals surface area contributed by atoms with Crippen molar-refractivity contribution < 1.29 is 13.2 Å². The van der Waals surface area contributed by atoms with E-state index in [4.69, 9.17) is 0 Å². The standard InChI is InChI=1S/C19H30N4O3S/c24-19(21-9-6-12-22-15-10-20-11-16-22)17-7-2-3-8-18(17)27(25,26)23-13-4-1-5-14-23/h2-3,7-8,20H,1,4-6,9-16H2,(H,21,24). The first-order valence-electron chi connectivity index (χ1n) is 9.89. The van der Waals surface area contributed by atoms with Crippen molar-refractivity contribution in [3.8, 4) is 0 Å². The number of benzene rings is 1. The summed E-state index contributed by atoms with van der Waals surface area (Å²) < 4.78 is 27.5. The van der Waals surface area contributed by atoms with E-state index in [0.29, 0.717) is 19.6 Å². The van der Waals surface area contributed by atoms with Crippen LogP contribution >= 0.6 is 0 Å². The van der Waals surface area contributed by atoms with Crippen molar-refractivity contribution in [3.05, 3.63) is 29.8 Å². The fourth-order valence-corrected chi connectivity index (χ4v) is 5.36. The molecule has 2 fully saturated rings. The molecule has 0 aromatic heterocycles. The average Bonchev–Trinajstić information content (AvgIpc) is 2.72. The van der Waals surface area contributed by atoms with Crippen LogP contribution in [0.4, 0.5) is 0 Å². The van der Waals surface area contributed by atoms with Crippen LogP contribution in [-0.4, -0.2) is 75.9 Å². The van der Waals surface area contributed by atoms with E-state index in [1.807, 2.05) is 0 Å². The minimum Gasteiger partial charge on any atom is -0.352 e. The third kappa shape index (κ3) is 5.28. The summed E-state index contributed by atoms with van der Waals surface area (Å²) in [5.41, 5.74) is 0.241. The molecule has 0 atom stereocenters. The van der Waals surface area contributed by atoms with Gasteiger partial charge in [0, 0.05) is 45.8 Å². The molecule has 2 aliphatic heterocycles. The molecule has 7 nitrogen and oxygen atoms in total. The van der Waals surface area contributed by atoms with E-state index < -0.39 is 10.0 Å². The Morgan fingerprint density at radius 2 is 1.74 bits per heavy atom. The molecule has 1 aromatic carbocycles. The lowest BCUT2D eigenvalue weighted by Gasteiger charge is -2.27. The number of nitrogens with zero attached hydrogens (tertiary/aromatic N) is 2. The molecular weight excluding hydrogens is 364 g/mol. The lowest BCUT2D eigenvalue weighted by molar-refractivity contribution is 0.0947. The van der Waals surface area contributed by atoms with Gasteiger partial charge in [-0.2, -0.15) is 4.31 Å². The molecule has 150 valence electrons. The Labute approximate surface area is 162 Å². The van der Waals surface area contributed by atoms with Crippen LogP contribution in [0.25, 0.3) is 0 Å². The number of hydrogen-bond donors (Lipinski definition) is 2. The number of hydrogen-bond acceptors (Lipinski definition) is 5. The summed E-state index contributed by atoms with van der Waals surface area (Å²) in [6, 6.07) is 6.53. The second-order valence-corrected chi connectivity index (χ2v) is 9.07. The van der Waals surface area contributed by atoms with Crippen LogP contribution < -0.4 is 10.6 Å². The number of carbonyl (C=O) groups excluding carboxylic acids is 1. The smallest absolute Gasteiger partial charge is 0.252 e. The summed E-state index contributed by atoms with van der Waals surface area (Å²) in [6.45, 7) is 6.63. The third-order valence-corrected chi connectivity index (χ3v) is 7.17. The van der Waals surface area contributed by atoms with Crippen LogP contribution in [0.3, 0.4) is 0 Å². The monoisotopic (exact) mass is 394 g/mol. The number of rotatable bonds is 7. The van der Waals surface area contributed by atoms with Gasteiger partial charge in [0.05, 0.1) is 10.5 Å². The van der Waals surface area contributed by atoms with Crippen molar-refractivity contribution in [1.29, 1.82) is 0 Å². The maximum absolute atomic E-state index is 13.0. The van der Waals surface area contributed by atoms with E-state index in [9.17, 15) is 13.2 Å². The van der Waals surface area contributed by atoms with E-state index in [0.717, 1.165) is 58.4 Å². The van der Waals surface area contributed by atoms with Crippen molar-refractivity contribution >= 4 is 15.9 Å². The second-order valence-electron chi connectivity index (χ2n) is 7.16. The van der Waals surface area contributed by atoms with Gasteiger partial charge < -0.3 is 15.5 Å². The van der Waals surface area contributed by atoms with Crippen molar-refractivity contribution in [2.24, 2.45) is 0 Å². The minimum absolute atomic E-state index is 0.117. The molecule has 0 unspecified atom stereocenters. The molecule has 3 rings (SSSR count). The number of piperidine rings is 1. The van der Waals surface area contributed by atoms with Crippen molar-refractivity contribution in [3.63, 3.8) is 0 Å². The molecule has 8 heteroatoms. The lowest BCUT2D eigenvalue weighted by Crippen LogP contribution is -2.44. The first-order valence-corrected chi connectivity index (χ1v) is 11.3. The first kappa shape index (κ1) is 20.3. The molecule has 1 amide bonds. The van der Waals surface area contributed by atoms with Crippen molar-refractivity contribution in [1.82, 2.24) is 19.8 Å². The number of amides is 1. The minimum atomic E-state index is -3.63. The highest BCUT2D eigenvalue weighted by atomic mass is 32.2. The Morgan fingerprint density at radius 3 is 2.48 bits per heavy atom. The molecule has 2 saturated heterocycles. The van der Waals surface area contributed by atoms with Gasteiger partial charge in [0.25, 0.3) is 5.91 Å². The topological polar surface area (TPSA) is 81.8 Å². The number of piperazine rings is 1. The second kappa shape index (κ2) is 9.64. The predicted octanol–water partition coefficient (Wildman–Crippen LogP) is 0.886. The number of sulfonamides is 1. The van der Waals surface area contributed by atoms with Crippen LogP contribution in [0.5, 0.6) is 0 Å². The predicted molar refractivity (Wildman–Crippen MR) is 105 cm³/mol. The van der Waals surface area contributed by atoms with E-state index >= 15 is 0 Å². The fourth-order valence-electron chi connectivity index (χ4n) is 3.66. The molecule has 0 spiro atoms. The van der Waals surface area contributed by atoms with Crippen LogP contribution in [0, 0.1) is 0 Å². The van der Waals surface area contributed by atoms with Crippen LogP contribution in [0.2, 0.25) is 0 Å². The molecule has 2 aliphatic rings. The summed E-state index contributed by atoms with van der Waals surface area (Å²) in [4.78, 5) is 15.1. The summed E-state index contributed by atoms with van der Waals surface area (Å²) in [5, 5.41) is 6.21. The maximum atomic E-state index is 13.0. The van der Waals surface area contributed by atoms with Crippen LogP contribution in [-0.2, 0) is 10.0 Å². The van der Waals surface area contributed by atoms with Crippen molar-refractivity contribution in [2.45, 2.75) is 30.6 Å². The molecule has 2 heterocycles. The SMILES string of the molecule is O=C(NCCCN1CCNCC1)c1ccccc1S(=O)(=O)N1CCCCC1. The number of carbonyl (C=O) groups is 1. The van der Waals surface area contributed by atoms with Gasteiger partial charge in [-0.15, -0.1) is 0 Å². The Bertz CT molecular complexity index is 726. The van der Waals surface area contributed by atoms with E-state index in [1.165, 1.54) is 4.31 Å². The first-order chi connectivity index (χ1) is 13.1.